The Morgan fingerprint density at radius 1 is 0.774 bits per heavy atom. The predicted molar refractivity (Wildman–Crippen MR) is 135 cm³/mol. The highest BCUT2D eigenvalue weighted by Gasteiger charge is 2.24. The van der Waals surface area contributed by atoms with Crippen molar-refractivity contribution in [1.29, 1.82) is 0 Å². The first-order chi connectivity index (χ1) is 15.2. The van der Waals surface area contributed by atoms with E-state index >= 15 is 4.39 Å². The molecule has 0 atom stereocenters. The lowest BCUT2D eigenvalue weighted by Gasteiger charge is -2.29. The minimum atomic E-state index is -0.428. The standard InChI is InChI=1S/C29H41FSi/c1-3-5-22-6-8-24(9-7-22)27-14-15-28(29(30)21-27)26-12-10-23(11-13-26)25-16-19-31(18-4-2)20-17-25/h10-15,21-22,24-25,31H,3-9,16-20H2,1-2H3. The van der Waals surface area contributed by atoms with E-state index in [1.165, 1.54) is 87.0 Å². The van der Waals surface area contributed by atoms with E-state index in [2.05, 4.69) is 44.2 Å². The van der Waals surface area contributed by atoms with E-state index in [0.29, 0.717) is 5.92 Å². The number of halogens is 1. The van der Waals surface area contributed by atoms with Gasteiger partial charge in [-0.15, -0.1) is 0 Å². The van der Waals surface area contributed by atoms with E-state index in [9.17, 15) is 0 Å². The molecule has 4 rings (SSSR count). The Morgan fingerprint density at radius 3 is 2.03 bits per heavy atom. The second-order valence-corrected chi connectivity index (χ2v) is 13.8. The van der Waals surface area contributed by atoms with Crippen LogP contribution in [0.1, 0.15) is 94.6 Å². The number of hydrogen-bond donors (Lipinski definition) is 0. The molecule has 0 aromatic heterocycles. The second-order valence-electron chi connectivity index (χ2n) is 10.4. The van der Waals surface area contributed by atoms with Crippen LogP contribution in [0.3, 0.4) is 0 Å². The molecule has 1 saturated heterocycles. The van der Waals surface area contributed by atoms with Gasteiger partial charge in [0.2, 0.25) is 0 Å². The molecule has 2 aromatic carbocycles. The van der Waals surface area contributed by atoms with Crippen LogP contribution in [0.15, 0.2) is 42.5 Å². The molecular formula is C29H41FSi. The van der Waals surface area contributed by atoms with Crippen molar-refractivity contribution in [3.8, 4) is 11.1 Å². The van der Waals surface area contributed by atoms with Crippen LogP contribution in [0.2, 0.25) is 18.1 Å². The zero-order chi connectivity index (χ0) is 21.6. The average Bonchev–Trinajstić information content (AvgIpc) is 2.81. The van der Waals surface area contributed by atoms with E-state index in [-0.39, 0.29) is 5.82 Å². The van der Waals surface area contributed by atoms with Crippen LogP contribution in [-0.4, -0.2) is 8.80 Å². The molecular weight excluding hydrogens is 395 g/mol. The molecule has 2 heteroatoms. The summed E-state index contributed by atoms with van der Waals surface area (Å²) < 4.78 is 15.1. The van der Waals surface area contributed by atoms with Gasteiger partial charge in [-0.2, -0.15) is 0 Å². The third-order valence-corrected chi connectivity index (χ3v) is 11.9. The fourth-order valence-corrected chi connectivity index (χ4v) is 9.77. The third kappa shape index (κ3) is 5.69. The maximum atomic E-state index is 15.1. The van der Waals surface area contributed by atoms with Crippen molar-refractivity contribution in [2.45, 2.75) is 102 Å². The first kappa shape index (κ1) is 22.8. The predicted octanol–water partition coefficient (Wildman–Crippen LogP) is 9.08. The molecule has 0 nitrogen and oxygen atoms in total. The molecule has 0 radical (unpaired) electrons. The zero-order valence-electron chi connectivity index (χ0n) is 19.7. The van der Waals surface area contributed by atoms with Gasteiger partial charge >= 0.3 is 0 Å². The number of hydrogen-bond acceptors (Lipinski definition) is 0. The summed E-state index contributed by atoms with van der Waals surface area (Å²) in [7, 11) is -0.428. The van der Waals surface area contributed by atoms with Crippen LogP contribution in [0.4, 0.5) is 4.39 Å². The lowest BCUT2D eigenvalue weighted by Crippen LogP contribution is -2.19. The van der Waals surface area contributed by atoms with Crippen molar-refractivity contribution in [1.82, 2.24) is 0 Å². The SMILES string of the molecule is CCCC1CCC(c2ccc(-c3ccc(C4CC[SiH](CCC)CC4)cc3)c(F)c2)CC1. The van der Waals surface area contributed by atoms with Crippen LogP contribution in [0, 0.1) is 11.7 Å². The molecule has 1 heterocycles. The van der Waals surface area contributed by atoms with Crippen molar-refractivity contribution < 1.29 is 4.39 Å². The summed E-state index contributed by atoms with van der Waals surface area (Å²) >= 11 is 0. The van der Waals surface area contributed by atoms with E-state index in [1.807, 2.05) is 12.1 Å². The van der Waals surface area contributed by atoms with Crippen LogP contribution < -0.4 is 0 Å². The summed E-state index contributed by atoms with van der Waals surface area (Å²) in [5.41, 5.74) is 4.46. The van der Waals surface area contributed by atoms with Crippen molar-refractivity contribution in [3.63, 3.8) is 0 Å². The van der Waals surface area contributed by atoms with E-state index in [4.69, 9.17) is 0 Å². The fourth-order valence-electron chi connectivity index (χ4n) is 6.34. The summed E-state index contributed by atoms with van der Waals surface area (Å²) in [6.07, 6.45) is 11.8. The minimum absolute atomic E-state index is 0.0491. The van der Waals surface area contributed by atoms with Crippen molar-refractivity contribution in [3.05, 3.63) is 59.4 Å². The highest BCUT2D eigenvalue weighted by molar-refractivity contribution is 6.59. The number of benzene rings is 2. The Hall–Kier alpha value is -1.41. The quantitative estimate of drug-likeness (QED) is 0.380. The van der Waals surface area contributed by atoms with Crippen molar-refractivity contribution >= 4 is 8.80 Å². The van der Waals surface area contributed by atoms with Gasteiger partial charge in [0, 0.05) is 14.4 Å². The highest BCUT2D eigenvalue weighted by Crippen LogP contribution is 2.39. The molecule has 0 N–H and O–H groups in total. The molecule has 168 valence electrons. The summed E-state index contributed by atoms with van der Waals surface area (Å²) in [4.78, 5) is 0. The Labute approximate surface area is 191 Å². The molecule has 1 aliphatic heterocycles. The molecule has 0 unspecified atom stereocenters. The van der Waals surface area contributed by atoms with E-state index in [0.717, 1.165) is 23.0 Å². The topological polar surface area (TPSA) is 0 Å². The lowest BCUT2D eigenvalue weighted by molar-refractivity contribution is 0.308. The largest absolute Gasteiger partial charge is 0.206 e. The molecule has 2 aromatic rings. The maximum absolute atomic E-state index is 15.1. The molecule has 0 bridgehead atoms. The third-order valence-electron chi connectivity index (χ3n) is 8.24. The lowest BCUT2D eigenvalue weighted by atomic mass is 9.77. The first-order valence-corrected chi connectivity index (χ1v) is 15.5. The van der Waals surface area contributed by atoms with E-state index in [1.54, 1.807) is 0 Å². The molecule has 31 heavy (non-hydrogen) atoms. The van der Waals surface area contributed by atoms with Crippen LogP contribution >= 0.6 is 0 Å². The molecule has 0 amide bonds. The van der Waals surface area contributed by atoms with Gasteiger partial charge in [-0.1, -0.05) is 87.6 Å². The highest BCUT2D eigenvalue weighted by atomic mass is 28.3. The van der Waals surface area contributed by atoms with Crippen LogP contribution in [0.25, 0.3) is 11.1 Å². The summed E-state index contributed by atoms with van der Waals surface area (Å²) in [5.74, 6) is 2.12. The molecule has 2 fully saturated rings. The van der Waals surface area contributed by atoms with Gasteiger partial charge in [-0.05, 0) is 79.0 Å². The Balaban J connectivity index is 1.39. The summed E-state index contributed by atoms with van der Waals surface area (Å²) in [5, 5.41) is 0. The second kappa shape index (κ2) is 10.9. The maximum Gasteiger partial charge on any atom is 0.131 e. The van der Waals surface area contributed by atoms with Crippen molar-refractivity contribution in [2.24, 2.45) is 5.92 Å². The van der Waals surface area contributed by atoms with Gasteiger partial charge in [0.25, 0.3) is 0 Å². The van der Waals surface area contributed by atoms with Gasteiger partial charge in [0.05, 0.1) is 0 Å². The van der Waals surface area contributed by atoms with Gasteiger partial charge in [0.15, 0.2) is 0 Å². The average molecular weight is 437 g/mol. The van der Waals surface area contributed by atoms with Gasteiger partial charge in [-0.25, -0.2) is 4.39 Å². The monoisotopic (exact) mass is 436 g/mol. The Morgan fingerprint density at radius 2 is 1.42 bits per heavy atom. The normalized spacial score (nSPS) is 26.7. The fraction of sp³-hybridized carbons (Fsp3) is 0.586. The van der Waals surface area contributed by atoms with E-state index < -0.39 is 8.80 Å². The Kier molecular flexibility index (Phi) is 8.04. The van der Waals surface area contributed by atoms with Gasteiger partial charge in [-0.3, -0.25) is 0 Å². The molecule has 0 spiro atoms. The minimum Gasteiger partial charge on any atom is -0.206 e. The zero-order valence-corrected chi connectivity index (χ0v) is 20.9. The summed E-state index contributed by atoms with van der Waals surface area (Å²) in [6, 6.07) is 19.4. The molecule has 2 aliphatic rings. The van der Waals surface area contributed by atoms with Crippen molar-refractivity contribution in [2.75, 3.05) is 0 Å². The van der Waals surface area contributed by atoms with Gasteiger partial charge < -0.3 is 0 Å². The smallest absolute Gasteiger partial charge is 0.131 e. The van der Waals surface area contributed by atoms with Crippen LogP contribution in [0.5, 0.6) is 0 Å². The Bertz CT molecular complexity index is 811. The molecule has 1 saturated carbocycles. The summed E-state index contributed by atoms with van der Waals surface area (Å²) in [6.45, 7) is 4.62. The van der Waals surface area contributed by atoms with Crippen LogP contribution in [-0.2, 0) is 0 Å². The first-order valence-electron chi connectivity index (χ1n) is 13.1. The van der Waals surface area contributed by atoms with Gasteiger partial charge in [0.1, 0.15) is 5.82 Å². The number of rotatable bonds is 7. The molecule has 1 aliphatic carbocycles.